The molecule has 0 saturated carbocycles. The van der Waals surface area contributed by atoms with Gasteiger partial charge in [-0.15, -0.1) is 0 Å². The van der Waals surface area contributed by atoms with E-state index < -0.39 is 0 Å². The maximum absolute atomic E-state index is 12.1. The summed E-state index contributed by atoms with van der Waals surface area (Å²) in [7, 11) is 0. The van der Waals surface area contributed by atoms with Crippen LogP contribution in [0.1, 0.15) is 25.2 Å². The van der Waals surface area contributed by atoms with Crippen molar-refractivity contribution >= 4 is 5.91 Å². The van der Waals surface area contributed by atoms with Crippen molar-refractivity contribution in [1.29, 1.82) is 0 Å². The minimum atomic E-state index is -0.270. The van der Waals surface area contributed by atoms with Gasteiger partial charge in [-0.3, -0.25) is 10.1 Å². The number of aromatic amines is 1. The van der Waals surface area contributed by atoms with Crippen LogP contribution in [0.15, 0.2) is 6.33 Å². The first kappa shape index (κ1) is 13.0. The van der Waals surface area contributed by atoms with Crippen molar-refractivity contribution in [3.63, 3.8) is 0 Å². The van der Waals surface area contributed by atoms with Crippen LogP contribution < -0.4 is 10.6 Å². The zero-order chi connectivity index (χ0) is 13.1. The summed E-state index contributed by atoms with van der Waals surface area (Å²) in [6, 6.07) is -0.464. The van der Waals surface area contributed by atoms with Gasteiger partial charge in [0, 0.05) is 13.0 Å². The van der Waals surface area contributed by atoms with Crippen molar-refractivity contribution < 1.29 is 9.90 Å². The summed E-state index contributed by atoms with van der Waals surface area (Å²) in [5.74, 6) is 0.139. The number of carbonyl (C=O) groups is 1. The smallest absolute Gasteiger partial charge is 0.237 e. The Morgan fingerprint density at radius 2 is 2.44 bits per heavy atom. The molecule has 0 aromatic carbocycles. The number of carbonyl (C=O) groups excluding carboxylic acids is 1. The van der Waals surface area contributed by atoms with E-state index >= 15 is 0 Å². The van der Waals surface area contributed by atoms with E-state index in [1.165, 1.54) is 0 Å². The molecule has 2 rings (SSSR count). The third-order valence-electron chi connectivity index (χ3n) is 3.38. The second kappa shape index (κ2) is 5.49. The Bertz CT molecular complexity index is 416. The fourth-order valence-corrected chi connectivity index (χ4v) is 2.06. The molecule has 0 spiro atoms. The van der Waals surface area contributed by atoms with E-state index in [4.69, 9.17) is 0 Å². The van der Waals surface area contributed by atoms with Gasteiger partial charge in [-0.2, -0.15) is 0 Å². The van der Waals surface area contributed by atoms with E-state index in [1.54, 1.807) is 6.33 Å². The monoisotopic (exact) mass is 252 g/mol. The molecule has 100 valence electrons. The van der Waals surface area contributed by atoms with Gasteiger partial charge in [-0.25, -0.2) is 4.98 Å². The highest BCUT2D eigenvalue weighted by Gasteiger charge is 2.27. The van der Waals surface area contributed by atoms with Crippen molar-refractivity contribution in [1.82, 2.24) is 20.6 Å². The Kier molecular flexibility index (Phi) is 3.98. The molecule has 1 aliphatic heterocycles. The number of fused-ring (bicyclic) bond motifs is 1. The van der Waals surface area contributed by atoms with Crippen LogP contribution in [-0.2, 0) is 17.8 Å². The summed E-state index contributed by atoms with van der Waals surface area (Å²) in [6.07, 6.45) is 2.23. The van der Waals surface area contributed by atoms with Crippen LogP contribution in [0.25, 0.3) is 0 Å². The number of nitrogens with zero attached hydrogens (tertiary/aromatic N) is 1. The van der Waals surface area contributed by atoms with Gasteiger partial charge in [-0.05, 0) is 5.92 Å². The first-order valence-electron chi connectivity index (χ1n) is 6.27. The molecule has 2 unspecified atom stereocenters. The van der Waals surface area contributed by atoms with Gasteiger partial charge >= 0.3 is 0 Å². The number of aromatic nitrogens is 2. The molecule has 6 nitrogen and oxygen atoms in total. The number of rotatable bonds is 4. The van der Waals surface area contributed by atoms with E-state index in [0.717, 1.165) is 11.4 Å². The van der Waals surface area contributed by atoms with Crippen molar-refractivity contribution in [2.45, 2.75) is 38.9 Å². The number of H-pyrrole nitrogens is 1. The largest absolute Gasteiger partial charge is 0.394 e. The molecule has 1 aliphatic rings. The molecular weight excluding hydrogens is 232 g/mol. The summed E-state index contributed by atoms with van der Waals surface area (Å²) < 4.78 is 0. The normalized spacial score (nSPS) is 20.6. The molecule has 0 fully saturated rings. The van der Waals surface area contributed by atoms with Crippen LogP contribution in [0.3, 0.4) is 0 Å². The van der Waals surface area contributed by atoms with Crippen molar-refractivity contribution in [2.75, 3.05) is 6.61 Å². The van der Waals surface area contributed by atoms with Crippen LogP contribution >= 0.6 is 0 Å². The lowest BCUT2D eigenvalue weighted by molar-refractivity contribution is -0.124. The summed E-state index contributed by atoms with van der Waals surface area (Å²) >= 11 is 0. The molecule has 0 aliphatic carbocycles. The Labute approximate surface area is 106 Å². The Morgan fingerprint density at radius 1 is 1.67 bits per heavy atom. The van der Waals surface area contributed by atoms with Crippen molar-refractivity contribution in [2.24, 2.45) is 5.92 Å². The van der Waals surface area contributed by atoms with Gasteiger partial charge in [0.05, 0.1) is 36.4 Å². The first-order chi connectivity index (χ1) is 8.61. The lowest BCUT2D eigenvalue weighted by atomic mass is 10.0. The molecular formula is C12H20N4O2. The van der Waals surface area contributed by atoms with E-state index in [-0.39, 0.29) is 30.5 Å². The molecule has 2 heterocycles. The number of imidazole rings is 1. The molecule has 0 radical (unpaired) electrons. The quantitative estimate of drug-likeness (QED) is 0.584. The molecule has 1 aromatic heterocycles. The zero-order valence-electron chi connectivity index (χ0n) is 10.7. The summed E-state index contributed by atoms with van der Waals surface area (Å²) in [4.78, 5) is 19.3. The van der Waals surface area contributed by atoms with Crippen LogP contribution in [0.4, 0.5) is 0 Å². The molecule has 1 aromatic rings. The van der Waals surface area contributed by atoms with Gasteiger partial charge in [0.25, 0.3) is 0 Å². The number of aliphatic hydroxyl groups is 1. The minimum Gasteiger partial charge on any atom is -0.394 e. The van der Waals surface area contributed by atoms with Crippen LogP contribution in [-0.4, -0.2) is 39.7 Å². The van der Waals surface area contributed by atoms with E-state index in [1.807, 2.05) is 13.8 Å². The third-order valence-corrected chi connectivity index (χ3v) is 3.38. The molecule has 0 bridgehead atoms. The Morgan fingerprint density at radius 3 is 3.11 bits per heavy atom. The molecule has 18 heavy (non-hydrogen) atoms. The molecule has 6 heteroatoms. The Hall–Kier alpha value is -1.40. The van der Waals surface area contributed by atoms with Gasteiger partial charge in [-0.1, -0.05) is 13.8 Å². The Balaban J connectivity index is 1.95. The van der Waals surface area contributed by atoms with Crippen LogP contribution in [0.2, 0.25) is 0 Å². The predicted molar refractivity (Wildman–Crippen MR) is 66.8 cm³/mol. The summed E-state index contributed by atoms with van der Waals surface area (Å²) in [5.41, 5.74) is 1.99. The number of aliphatic hydroxyl groups excluding tert-OH is 1. The predicted octanol–water partition coefficient (Wildman–Crippen LogP) is -0.443. The number of nitrogens with one attached hydrogen (secondary N) is 3. The van der Waals surface area contributed by atoms with Crippen LogP contribution in [0, 0.1) is 5.92 Å². The second-order valence-electron chi connectivity index (χ2n) is 5.01. The van der Waals surface area contributed by atoms with Crippen molar-refractivity contribution in [3.05, 3.63) is 17.7 Å². The topological polar surface area (TPSA) is 90.0 Å². The summed E-state index contributed by atoms with van der Waals surface area (Å²) in [5, 5.41) is 15.2. The highest BCUT2D eigenvalue weighted by Crippen LogP contribution is 2.12. The minimum absolute atomic E-state index is 0.0379. The van der Waals surface area contributed by atoms with E-state index in [2.05, 4.69) is 20.6 Å². The van der Waals surface area contributed by atoms with Gasteiger partial charge in [0.2, 0.25) is 5.91 Å². The molecule has 4 N–H and O–H groups in total. The SMILES string of the molecule is CC(C)C(CO)NC(=O)C1Cc2nc[nH]c2CN1. The average Bonchev–Trinajstić information content (AvgIpc) is 2.82. The first-order valence-corrected chi connectivity index (χ1v) is 6.27. The molecule has 1 amide bonds. The standard InChI is InChI=1S/C12H20N4O2/c1-7(2)11(5-17)16-12(18)9-3-8-10(4-13-9)15-6-14-8/h6-7,9,11,13,17H,3-5H2,1-2H3,(H,14,15)(H,16,18). The van der Waals surface area contributed by atoms with Crippen molar-refractivity contribution in [3.8, 4) is 0 Å². The highest BCUT2D eigenvalue weighted by atomic mass is 16.3. The fraction of sp³-hybridized carbons (Fsp3) is 0.667. The number of amides is 1. The van der Waals surface area contributed by atoms with Crippen LogP contribution in [0.5, 0.6) is 0 Å². The van der Waals surface area contributed by atoms with Gasteiger partial charge in [0.1, 0.15) is 0 Å². The van der Waals surface area contributed by atoms with E-state index in [9.17, 15) is 9.90 Å². The molecule has 0 saturated heterocycles. The fourth-order valence-electron chi connectivity index (χ4n) is 2.06. The number of hydrogen-bond acceptors (Lipinski definition) is 4. The maximum atomic E-state index is 12.1. The lowest BCUT2D eigenvalue weighted by Gasteiger charge is -2.26. The maximum Gasteiger partial charge on any atom is 0.237 e. The highest BCUT2D eigenvalue weighted by molar-refractivity contribution is 5.82. The van der Waals surface area contributed by atoms with E-state index in [0.29, 0.717) is 13.0 Å². The third kappa shape index (κ3) is 2.70. The van der Waals surface area contributed by atoms with Gasteiger partial charge in [0.15, 0.2) is 0 Å². The lowest BCUT2D eigenvalue weighted by Crippen LogP contribution is -2.52. The van der Waals surface area contributed by atoms with Gasteiger partial charge < -0.3 is 15.4 Å². The second-order valence-corrected chi connectivity index (χ2v) is 5.01. The zero-order valence-corrected chi connectivity index (χ0v) is 10.7. The summed E-state index contributed by atoms with van der Waals surface area (Å²) in [6.45, 7) is 4.53. The number of hydrogen-bond donors (Lipinski definition) is 4. The average molecular weight is 252 g/mol. The molecule has 2 atom stereocenters.